The quantitative estimate of drug-likeness (QED) is 0.635. The van der Waals surface area contributed by atoms with E-state index in [1.807, 2.05) is 7.05 Å². The van der Waals surface area contributed by atoms with Gasteiger partial charge in [0.2, 0.25) is 0 Å². The zero-order valence-corrected chi connectivity index (χ0v) is 13.5. The van der Waals surface area contributed by atoms with Gasteiger partial charge in [-0.3, -0.25) is 4.99 Å². The van der Waals surface area contributed by atoms with Crippen molar-refractivity contribution in [2.45, 2.75) is 19.8 Å². The second-order valence-corrected chi connectivity index (χ2v) is 6.02. The average Bonchev–Trinajstić information content (AvgIpc) is 3.01. The minimum absolute atomic E-state index is 0.874. The molecule has 1 heterocycles. The molecule has 1 aromatic heterocycles. The second-order valence-electron chi connectivity index (χ2n) is 4.99. The minimum Gasteiger partial charge on any atom is -0.356 e. The number of aryl methyl sites for hydroxylation is 1. The third-order valence-electron chi connectivity index (χ3n) is 3.29. The molecule has 0 aliphatic heterocycles. The van der Waals surface area contributed by atoms with Crippen molar-refractivity contribution in [1.82, 2.24) is 10.6 Å². The van der Waals surface area contributed by atoms with Gasteiger partial charge in [-0.05, 0) is 36.8 Å². The number of guanidine groups is 1. The van der Waals surface area contributed by atoms with E-state index in [2.05, 4.69) is 64.3 Å². The van der Waals surface area contributed by atoms with Crippen molar-refractivity contribution >= 4 is 17.3 Å². The summed E-state index contributed by atoms with van der Waals surface area (Å²) in [6.45, 7) is 3.91. The summed E-state index contributed by atoms with van der Waals surface area (Å²) in [6, 6.07) is 12.9. The van der Waals surface area contributed by atoms with E-state index < -0.39 is 0 Å². The highest BCUT2D eigenvalue weighted by molar-refractivity contribution is 7.09. The van der Waals surface area contributed by atoms with E-state index in [0.717, 1.165) is 31.9 Å². The lowest BCUT2D eigenvalue weighted by molar-refractivity contribution is 0.787. The van der Waals surface area contributed by atoms with Crippen molar-refractivity contribution in [2.24, 2.45) is 4.99 Å². The molecule has 0 bridgehead atoms. The first kappa shape index (κ1) is 15.6. The van der Waals surface area contributed by atoms with E-state index in [1.165, 1.54) is 16.0 Å². The van der Waals surface area contributed by atoms with Gasteiger partial charge in [0.05, 0.1) is 0 Å². The first-order valence-corrected chi connectivity index (χ1v) is 8.18. The van der Waals surface area contributed by atoms with E-state index >= 15 is 0 Å². The van der Waals surface area contributed by atoms with Gasteiger partial charge in [0, 0.05) is 25.0 Å². The summed E-state index contributed by atoms with van der Waals surface area (Å²) >= 11 is 1.80. The van der Waals surface area contributed by atoms with Gasteiger partial charge in [0.15, 0.2) is 5.96 Å². The van der Waals surface area contributed by atoms with Crippen LogP contribution in [0.5, 0.6) is 0 Å². The van der Waals surface area contributed by atoms with Gasteiger partial charge in [-0.1, -0.05) is 35.9 Å². The maximum atomic E-state index is 4.25. The molecule has 1 aromatic carbocycles. The Morgan fingerprint density at radius 1 is 1.05 bits per heavy atom. The van der Waals surface area contributed by atoms with Crippen LogP contribution >= 0.6 is 11.3 Å². The van der Waals surface area contributed by atoms with Crippen LogP contribution in [0.3, 0.4) is 0 Å². The predicted molar refractivity (Wildman–Crippen MR) is 92.3 cm³/mol. The third kappa shape index (κ3) is 5.60. The summed E-state index contributed by atoms with van der Waals surface area (Å²) in [5.74, 6) is 0.874. The number of thiophene rings is 1. The second kappa shape index (κ2) is 8.47. The van der Waals surface area contributed by atoms with Crippen LogP contribution < -0.4 is 10.6 Å². The van der Waals surface area contributed by atoms with Crippen LogP contribution in [0.25, 0.3) is 0 Å². The Hall–Kier alpha value is -1.81. The maximum absolute atomic E-state index is 4.25. The van der Waals surface area contributed by atoms with Gasteiger partial charge < -0.3 is 10.6 Å². The molecule has 0 radical (unpaired) electrons. The first-order chi connectivity index (χ1) is 10.3. The average molecular weight is 301 g/mol. The Kier molecular flexibility index (Phi) is 6.28. The molecule has 0 aliphatic rings. The topological polar surface area (TPSA) is 36.4 Å². The van der Waals surface area contributed by atoms with Crippen molar-refractivity contribution in [3.05, 3.63) is 57.8 Å². The van der Waals surface area contributed by atoms with Gasteiger partial charge in [0.25, 0.3) is 0 Å². The number of nitrogens with zero attached hydrogens (tertiary/aromatic N) is 1. The van der Waals surface area contributed by atoms with Crippen LogP contribution in [0.1, 0.15) is 16.0 Å². The monoisotopic (exact) mass is 301 g/mol. The molecule has 0 amide bonds. The van der Waals surface area contributed by atoms with E-state index in [-0.39, 0.29) is 0 Å². The lowest BCUT2D eigenvalue weighted by Gasteiger charge is -2.11. The molecule has 3 nitrogen and oxygen atoms in total. The van der Waals surface area contributed by atoms with Crippen LogP contribution in [0, 0.1) is 6.92 Å². The standard InChI is InChI=1S/C17H23N3S/c1-14-5-7-15(8-6-14)9-11-19-17(18-2)20-12-10-16-4-3-13-21-16/h3-8,13H,9-12H2,1-2H3,(H2,18,19,20). The number of rotatable bonds is 6. The lowest BCUT2D eigenvalue weighted by atomic mass is 10.1. The molecule has 2 rings (SSSR count). The minimum atomic E-state index is 0.874. The van der Waals surface area contributed by atoms with E-state index in [4.69, 9.17) is 0 Å². The summed E-state index contributed by atoms with van der Waals surface area (Å²) in [5, 5.41) is 8.82. The third-order valence-corrected chi connectivity index (χ3v) is 4.23. The van der Waals surface area contributed by atoms with Gasteiger partial charge in [-0.15, -0.1) is 11.3 Å². The molecule has 0 spiro atoms. The summed E-state index contributed by atoms with van der Waals surface area (Å²) < 4.78 is 0. The highest BCUT2D eigenvalue weighted by Crippen LogP contribution is 2.08. The number of benzene rings is 1. The number of nitrogens with one attached hydrogen (secondary N) is 2. The molecule has 0 unspecified atom stereocenters. The molecule has 0 saturated carbocycles. The summed E-state index contributed by atoms with van der Waals surface area (Å²) in [5.41, 5.74) is 2.65. The van der Waals surface area contributed by atoms with Crippen LogP contribution in [0.4, 0.5) is 0 Å². The normalized spacial score (nSPS) is 11.4. The molecule has 112 valence electrons. The Labute approximate surface area is 131 Å². The predicted octanol–water partition coefficient (Wildman–Crippen LogP) is 3.01. The summed E-state index contributed by atoms with van der Waals surface area (Å²) in [7, 11) is 1.81. The van der Waals surface area contributed by atoms with Crippen molar-refractivity contribution in [3.8, 4) is 0 Å². The number of aliphatic imine (C=N–C) groups is 1. The smallest absolute Gasteiger partial charge is 0.190 e. The van der Waals surface area contributed by atoms with Crippen LogP contribution in [-0.2, 0) is 12.8 Å². The maximum Gasteiger partial charge on any atom is 0.190 e. The van der Waals surface area contributed by atoms with Crippen molar-refractivity contribution in [3.63, 3.8) is 0 Å². The zero-order valence-electron chi connectivity index (χ0n) is 12.7. The number of hydrogen-bond donors (Lipinski definition) is 2. The molecule has 0 aliphatic carbocycles. The van der Waals surface area contributed by atoms with Crippen molar-refractivity contribution in [2.75, 3.05) is 20.1 Å². The summed E-state index contributed by atoms with van der Waals surface area (Å²) in [4.78, 5) is 5.65. The highest BCUT2D eigenvalue weighted by atomic mass is 32.1. The van der Waals surface area contributed by atoms with Gasteiger partial charge in [-0.25, -0.2) is 0 Å². The van der Waals surface area contributed by atoms with Gasteiger partial charge in [0.1, 0.15) is 0 Å². The van der Waals surface area contributed by atoms with Crippen LogP contribution in [-0.4, -0.2) is 26.1 Å². The largest absolute Gasteiger partial charge is 0.356 e. The Morgan fingerprint density at radius 2 is 1.76 bits per heavy atom. The molecule has 0 saturated heterocycles. The van der Waals surface area contributed by atoms with E-state index in [9.17, 15) is 0 Å². The van der Waals surface area contributed by atoms with Gasteiger partial charge >= 0.3 is 0 Å². The van der Waals surface area contributed by atoms with Crippen molar-refractivity contribution < 1.29 is 0 Å². The Morgan fingerprint density at radius 3 is 2.38 bits per heavy atom. The number of hydrogen-bond acceptors (Lipinski definition) is 2. The summed E-state index contributed by atoms with van der Waals surface area (Å²) in [6.07, 6.45) is 2.04. The molecular formula is C17H23N3S. The molecule has 2 aromatic rings. The molecule has 4 heteroatoms. The fourth-order valence-corrected chi connectivity index (χ4v) is 2.77. The van der Waals surface area contributed by atoms with Gasteiger partial charge in [-0.2, -0.15) is 0 Å². The fraction of sp³-hybridized carbons (Fsp3) is 0.353. The Bertz CT molecular complexity index is 544. The Balaban J connectivity index is 1.66. The van der Waals surface area contributed by atoms with Crippen molar-refractivity contribution in [1.29, 1.82) is 0 Å². The van der Waals surface area contributed by atoms with E-state index in [1.54, 1.807) is 11.3 Å². The SMILES string of the molecule is CN=C(NCCc1ccc(C)cc1)NCCc1cccs1. The molecule has 0 atom stereocenters. The van der Waals surface area contributed by atoms with Crippen LogP contribution in [0.2, 0.25) is 0 Å². The first-order valence-electron chi connectivity index (χ1n) is 7.30. The fourth-order valence-electron chi connectivity index (χ4n) is 2.06. The molecule has 2 N–H and O–H groups in total. The zero-order chi connectivity index (χ0) is 14.9. The van der Waals surface area contributed by atoms with E-state index in [0.29, 0.717) is 0 Å². The molecule has 0 fully saturated rings. The molecule has 21 heavy (non-hydrogen) atoms. The van der Waals surface area contributed by atoms with Crippen LogP contribution in [0.15, 0.2) is 46.8 Å². The lowest BCUT2D eigenvalue weighted by Crippen LogP contribution is -2.39. The molecular weight excluding hydrogens is 278 g/mol. The highest BCUT2D eigenvalue weighted by Gasteiger charge is 1.99.